The standard InChI is InChI=1S/C19H16FNO4/c1-23-15-9-14(10-16(11-15)24-2)21-19(22)18-8-7-17(25-18)12-3-5-13(20)6-4-12/h3-11H,1-2H3,(H,21,22). The number of carbonyl (C=O) groups is 1. The molecule has 1 heterocycles. The molecule has 0 saturated heterocycles. The highest BCUT2D eigenvalue weighted by Crippen LogP contribution is 2.27. The second-order valence-electron chi connectivity index (χ2n) is 5.23. The van der Waals surface area contributed by atoms with Crippen molar-refractivity contribution in [1.82, 2.24) is 0 Å². The molecule has 3 aromatic rings. The van der Waals surface area contributed by atoms with E-state index < -0.39 is 5.91 Å². The summed E-state index contributed by atoms with van der Waals surface area (Å²) in [6.45, 7) is 0. The highest BCUT2D eigenvalue weighted by Gasteiger charge is 2.14. The van der Waals surface area contributed by atoms with Crippen LogP contribution in [0.4, 0.5) is 10.1 Å². The number of carbonyl (C=O) groups excluding carboxylic acids is 1. The van der Waals surface area contributed by atoms with Gasteiger partial charge >= 0.3 is 0 Å². The first kappa shape index (κ1) is 16.6. The van der Waals surface area contributed by atoms with Crippen LogP contribution in [0.25, 0.3) is 11.3 Å². The molecular weight excluding hydrogens is 325 g/mol. The zero-order chi connectivity index (χ0) is 17.8. The molecule has 0 atom stereocenters. The van der Waals surface area contributed by atoms with Crippen LogP contribution in [-0.4, -0.2) is 20.1 Å². The summed E-state index contributed by atoms with van der Waals surface area (Å²) in [5.74, 6) is 0.987. The van der Waals surface area contributed by atoms with E-state index in [-0.39, 0.29) is 11.6 Å². The summed E-state index contributed by atoms with van der Waals surface area (Å²) in [5.41, 5.74) is 1.20. The predicted molar refractivity (Wildman–Crippen MR) is 91.6 cm³/mol. The van der Waals surface area contributed by atoms with E-state index in [1.807, 2.05) is 0 Å². The Morgan fingerprint density at radius 1 is 0.960 bits per heavy atom. The van der Waals surface area contributed by atoms with Crippen molar-refractivity contribution in [2.45, 2.75) is 0 Å². The summed E-state index contributed by atoms with van der Waals surface area (Å²) < 4.78 is 28.9. The molecule has 0 aliphatic heterocycles. The van der Waals surface area contributed by atoms with Gasteiger partial charge in [0.15, 0.2) is 5.76 Å². The minimum atomic E-state index is -0.413. The number of halogens is 1. The van der Waals surface area contributed by atoms with E-state index in [0.717, 1.165) is 0 Å². The maximum absolute atomic E-state index is 13.0. The zero-order valence-corrected chi connectivity index (χ0v) is 13.7. The molecule has 0 spiro atoms. The van der Waals surface area contributed by atoms with E-state index in [4.69, 9.17) is 13.9 Å². The number of ether oxygens (including phenoxy) is 2. The summed E-state index contributed by atoms with van der Waals surface area (Å²) in [6.07, 6.45) is 0. The molecule has 1 aromatic heterocycles. The summed E-state index contributed by atoms with van der Waals surface area (Å²) in [6, 6.07) is 14.1. The van der Waals surface area contributed by atoms with Gasteiger partial charge in [-0.1, -0.05) is 0 Å². The lowest BCUT2D eigenvalue weighted by Gasteiger charge is -2.09. The first-order chi connectivity index (χ1) is 12.1. The smallest absolute Gasteiger partial charge is 0.291 e. The van der Waals surface area contributed by atoms with Gasteiger partial charge in [0.05, 0.1) is 14.2 Å². The Labute approximate surface area is 144 Å². The number of hydrogen-bond acceptors (Lipinski definition) is 4. The van der Waals surface area contributed by atoms with Crippen molar-refractivity contribution in [3.63, 3.8) is 0 Å². The fraction of sp³-hybridized carbons (Fsp3) is 0.105. The van der Waals surface area contributed by atoms with E-state index in [0.29, 0.717) is 28.5 Å². The van der Waals surface area contributed by atoms with Crippen LogP contribution in [0.15, 0.2) is 59.0 Å². The molecule has 0 aliphatic carbocycles. The fourth-order valence-corrected chi connectivity index (χ4v) is 2.30. The molecule has 0 unspecified atom stereocenters. The average Bonchev–Trinajstić information content (AvgIpc) is 3.12. The third-order valence-electron chi connectivity index (χ3n) is 3.57. The van der Waals surface area contributed by atoms with Crippen LogP contribution >= 0.6 is 0 Å². The minimum Gasteiger partial charge on any atom is -0.497 e. The molecule has 0 aliphatic rings. The first-order valence-corrected chi connectivity index (χ1v) is 7.49. The second-order valence-corrected chi connectivity index (χ2v) is 5.23. The maximum Gasteiger partial charge on any atom is 0.291 e. The molecule has 0 fully saturated rings. The van der Waals surface area contributed by atoms with Gasteiger partial charge in [-0.3, -0.25) is 4.79 Å². The van der Waals surface area contributed by atoms with Crippen LogP contribution in [0, 0.1) is 5.82 Å². The van der Waals surface area contributed by atoms with Gasteiger partial charge in [0.25, 0.3) is 5.91 Å². The third-order valence-corrected chi connectivity index (χ3v) is 3.57. The highest BCUT2D eigenvalue weighted by atomic mass is 19.1. The normalized spacial score (nSPS) is 10.4. The first-order valence-electron chi connectivity index (χ1n) is 7.49. The number of furan rings is 1. The van der Waals surface area contributed by atoms with Crippen molar-refractivity contribution < 1.29 is 23.1 Å². The molecule has 2 aromatic carbocycles. The van der Waals surface area contributed by atoms with Gasteiger partial charge < -0.3 is 19.2 Å². The van der Waals surface area contributed by atoms with Crippen molar-refractivity contribution >= 4 is 11.6 Å². The second kappa shape index (κ2) is 7.09. The summed E-state index contributed by atoms with van der Waals surface area (Å²) in [4.78, 5) is 12.4. The number of benzene rings is 2. The molecular formula is C19H16FNO4. The number of methoxy groups -OCH3 is 2. The van der Waals surface area contributed by atoms with Crippen LogP contribution in [0.5, 0.6) is 11.5 Å². The van der Waals surface area contributed by atoms with Gasteiger partial charge in [-0.25, -0.2) is 4.39 Å². The Hall–Kier alpha value is -3.28. The van der Waals surface area contributed by atoms with Crippen molar-refractivity contribution in [2.75, 3.05) is 19.5 Å². The molecule has 1 N–H and O–H groups in total. The number of nitrogens with one attached hydrogen (secondary N) is 1. The Morgan fingerprint density at radius 3 is 2.20 bits per heavy atom. The van der Waals surface area contributed by atoms with Gasteiger partial charge in [-0.2, -0.15) is 0 Å². The predicted octanol–water partition coefficient (Wildman–Crippen LogP) is 4.36. The molecule has 0 bridgehead atoms. The van der Waals surface area contributed by atoms with Crippen LogP contribution in [0.2, 0.25) is 0 Å². The van der Waals surface area contributed by atoms with Crippen molar-refractivity contribution in [3.05, 3.63) is 66.2 Å². The van der Waals surface area contributed by atoms with Crippen LogP contribution < -0.4 is 14.8 Å². The molecule has 1 amide bonds. The number of rotatable bonds is 5. The lowest BCUT2D eigenvalue weighted by Crippen LogP contribution is -2.11. The lowest BCUT2D eigenvalue weighted by atomic mass is 10.2. The summed E-state index contributed by atoms with van der Waals surface area (Å²) in [5, 5.41) is 2.73. The third kappa shape index (κ3) is 3.80. The van der Waals surface area contributed by atoms with Gasteiger partial charge in [-0.05, 0) is 36.4 Å². The van der Waals surface area contributed by atoms with Gasteiger partial charge in [0.1, 0.15) is 23.1 Å². The Kier molecular flexibility index (Phi) is 4.70. The van der Waals surface area contributed by atoms with Crippen molar-refractivity contribution in [2.24, 2.45) is 0 Å². The monoisotopic (exact) mass is 341 g/mol. The number of hydrogen-bond donors (Lipinski definition) is 1. The highest BCUT2D eigenvalue weighted by molar-refractivity contribution is 6.02. The SMILES string of the molecule is COc1cc(NC(=O)c2ccc(-c3ccc(F)cc3)o2)cc(OC)c1. The lowest BCUT2D eigenvalue weighted by molar-refractivity contribution is 0.0997. The largest absolute Gasteiger partial charge is 0.497 e. The van der Waals surface area contributed by atoms with E-state index >= 15 is 0 Å². The molecule has 0 saturated carbocycles. The fourth-order valence-electron chi connectivity index (χ4n) is 2.30. The zero-order valence-electron chi connectivity index (χ0n) is 13.7. The Bertz CT molecular complexity index is 864. The minimum absolute atomic E-state index is 0.140. The van der Waals surface area contributed by atoms with Gasteiger partial charge in [0, 0.05) is 29.4 Å². The Balaban J connectivity index is 1.79. The molecule has 128 valence electrons. The molecule has 6 heteroatoms. The number of amides is 1. The quantitative estimate of drug-likeness (QED) is 0.749. The van der Waals surface area contributed by atoms with Crippen LogP contribution in [0.3, 0.4) is 0 Å². The molecule has 3 rings (SSSR count). The molecule has 5 nitrogen and oxygen atoms in total. The molecule has 25 heavy (non-hydrogen) atoms. The van der Waals surface area contributed by atoms with Crippen LogP contribution in [0.1, 0.15) is 10.6 Å². The summed E-state index contributed by atoms with van der Waals surface area (Å²) >= 11 is 0. The maximum atomic E-state index is 13.0. The van der Waals surface area contributed by atoms with Gasteiger partial charge in [0.2, 0.25) is 0 Å². The summed E-state index contributed by atoms with van der Waals surface area (Å²) in [7, 11) is 3.06. The van der Waals surface area contributed by atoms with E-state index in [2.05, 4.69) is 5.32 Å². The van der Waals surface area contributed by atoms with Crippen molar-refractivity contribution in [1.29, 1.82) is 0 Å². The topological polar surface area (TPSA) is 60.7 Å². The van der Waals surface area contributed by atoms with Crippen molar-refractivity contribution in [3.8, 4) is 22.8 Å². The van der Waals surface area contributed by atoms with Crippen LogP contribution in [-0.2, 0) is 0 Å². The van der Waals surface area contributed by atoms with E-state index in [1.54, 1.807) is 42.5 Å². The number of anilines is 1. The molecule has 0 radical (unpaired) electrons. The van der Waals surface area contributed by atoms with E-state index in [9.17, 15) is 9.18 Å². The average molecular weight is 341 g/mol. The van der Waals surface area contributed by atoms with Gasteiger partial charge in [-0.15, -0.1) is 0 Å². The Morgan fingerprint density at radius 2 is 1.60 bits per heavy atom. The van der Waals surface area contributed by atoms with E-state index in [1.165, 1.54) is 26.4 Å².